The molecular formula is C11H17N3OS. The summed E-state index contributed by atoms with van der Waals surface area (Å²) in [5, 5.41) is 5.80. The van der Waals surface area contributed by atoms with Crippen molar-refractivity contribution < 1.29 is 4.79 Å². The fraction of sp³-hybridized carbons (Fsp3) is 0.636. The Bertz CT molecular complexity index is 377. The van der Waals surface area contributed by atoms with Crippen LogP contribution in [-0.2, 0) is 0 Å². The number of nitrogens with zero attached hydrogens (tertiary/aromatic N) is 2. The number of likely N-dealkylation sites (tertiary alicyclic amines) is 1. The number of nitrogens with one attached hydrogen (secondary N) is 1. The van der Waals surface area contributed by atoms with Gasteiger partial charge >= 0.3 is 0 Å². The molecule has 1 aliphatic heterocycles. The Hall–Kier alpha value is -0.940. The molecule has 0 aliphatic carbocycles. The molecule has 0 radical (unpaired) electrons. The number of aromatic nitrogens is 1. The van der Waals surface area contributed by atoms with E-state index in [1.807, 2.05) is 12.3 Å². The number of amides is 1. The number of piperidine rings is 1. The molecule has 1 aliphatic rings. The highest BCUT2D eigenvalue weighted by Gasteiger charge is 2.20. The van der Waals surface area contributed by atoms with Gasteiger partial charge in [-0.15, -0.1) is 11.3 Å². The molecule has 4 nitrogen and oxygen atoms in total. The topological polar surface area (TPSA) is 45.2 Å². The fourth-order valence-electron chi connectivity index (χ4n) is 2.01. The molecule has 0 aromatic carbocycles. The molecule has 0 bridgehead atoms. The van der Waals surface area contributed by atoms with Gasteiger partial charge in [-0.2, -0.15) is 0 Å². The third-order valence-electron chi connectivity index (χ3n) is 2.81. The molecule has 1 atom stereocenters. The van der Waals surface area contributed by atoms with Gasteiger partial charge in [-0.1, -0.05) is 0 Å². The Labute approximate surface area is 99.7 Å². The molecule has 88 valence electrons. The Morgan fingerprint density at radius 3 is 3.12 bits per heavy atom. The molecule has 1 aromatic heterocycles. The minimum absolute atomic E-state index is 0.0374. The van der Waals surface area contributed by atoms with Gasteiger partial charge in [0.1, 0.15) is 5.69 Å². The van der Waals surface area contributed by atoms with Crippen LogP contribution in [-0.4, -0.2) is 42.0 Å². The molecule has 5 heteroatoms. The van der Waals surface area contributed by atoms with E-state index in [4.69, 9.17) is 0 Å². The second kappa shape index (κ2) is 4.93. The Balaban J connectivity index is 1.92. The van der Waals surface area contributed by atoms with Gasteiger partial charge in [0.25, 0.3) is 5.91 Å². The molecule has 1 fully saturated rings. The molecule has 0 spiro atoms. The van der Waals surface area contributed by atoms with E-state index in [9.17, 15) is 4.79 Å². The Morgan fingerprint density at radius 2 is 2.50 bits per heavy atom. The summed E-state index contributed by atoms with van der Waals surface area (Å²) in [7, 11) is 2.09. The molecule has 1 N–H and O–H groups in total. The highest BCUT2D eigenvalue weighted by Crippen LogP contribution is 2.11. The van der Waals surface area contributed by atoms with Crippen molar-refractivity contribution in [1.82, 2.24) is 15.2 Å². The summed E-state index contributed by atoms with van der Waals surface area (Å²) in [5.41, 5.74) is 0.552. The van der Waals surface area contributed by atoms with Crippen molar-refractivity contribution in [2.45, 2.75) is 25.8 Å². The maximum Gasteiger partial charge on any atom is 0.271 e. The average molecular weight is 239 g/mol. The number of aryl methyl sites for hydroxylation is 1. The fourth-order valence-corrected chi connectivity index (χ4v) is 2.60. The first kappa shape index (κ1) is 11.5. The zero-order valence-electron chi connectivity index (χ0n) is 9.69. The predicted octanol–water partition coefficient (Wildman–Crippen LogP) is 1.28. The van der Waals surface area contributed by atoms with E-state index in [2.05, 4.69) is 22.2 Å². The molecule has 2 rings (SSSR count). The van der Waals surface area contributed by atoms with Crippen LogP contribution < -0.4 is 5.32 Å². The lowest BCUT2D eigenvalue weighted by Crippen LogP contribution is -2.46. The van der Waals surface area contributed by atoms with Gasteiger partial charge in [-0.3, -0.25) is 4.79 Å². The van der Waals surface area contributed by atoms with Crippen LogP contribution in [0.2, 0.25) is 0 Å². The number of carbonyl (C=O) groups excluding carboxylic acids is 1. The van der Waals surface area contributed by atoms with Crippen molar-refractivity contribution in [3.8, 4) is 0 Å². The lowest BCUT2D eigenvalue weighted by Gasteiger charge is -2.29. The van der Waals surface area contributed by atoms with E-state index < -0.39 is 0 Å². The first-order valence-corrected chi connectivity index (χ1v) is 6.44. The highest BCUT2D eigenvalue weighted by molar-refractivity contribution is 7.09. The standard InChI is InChI=1S/C11H17N3OS/c1-8-12-10(7-16-8)11(15)13-9-4-3-5-14(2)6-9/h7,9H,3-6H2,1-2H3,(H,13,15). The third-order valence-corrected chi connectivity index (χ3v) is 3.58. The van der Waals surface area contributed by atoms with Crippen molar-refractivity contribution in [2.75, 3.05) is 20.1 Å². The maximum atomic E-state index is 11.8. The van der Waals surface area contributed by atoms with Crippen molar-refractivity contribution in [3.63, 3.8) is 0 Å². The van der Waals surface area contributed by atoms with E-state index in [0.29, 0.717) is 5.69 Å². The van der Waals surface area contributed by atoms with Crippen LogP contribution in [0.15, 0.2) is 5.38 Å². The van der Waals surface area contributed by atoms with Crippen LogP contribution in [0.3, 0.4) is 0 Å². The smallest absolute Gasteiger partial charge is 0.271 e. The van der Waals surface area contributed by atoms with Gasteiger partial charge in [0.2, 0.25) is 0 Å². The van der Waals surface area contributed by atoms with Crippen LogP contribution in [0, 0.1) is 6.92 Å². The largest absolute Gasteiger partial charge is 0.347 e. The first-order valence-electron chi connectivity index (χ1n) is 5.56. The molecule has 0 saturated carbocycles. The summed E-state index contributed by atoms with van der Waals surface area (Å²) in [6.45, 7) is 3.98. The monoisotopic (exact) mass is 239 g/mol. The normalized spacial score (nSPS) is 22.0. The van der Waals surface area contributed by atoms with Crippen LogP contribution in [0.25, 0.3) is 0 Å². The first-order chi connectivity index (χ1) is 7.65. The Morgan fingerprint density at radius 1 is 1.69 bits per heavy atom. The van der Waals surface area contributed by atoms with Crippen LogP contribution in [0.5, 0.6) is 0 Å². The number of carbonyl (C=O) groups is 1. The van der Waals surface area contributed by atoms with E-state index in [1.54, 1.807) is 0 Å². The van der Waals surface area contributed by atoms with Gasteiger partial charge in [0.05, 0.1) is 5.01 Å². The SMILES string of the molecule is Cc1nc(C(=O)NC2CCCN(C)C2)cs1. The summed E-state index contributed by atoms with van der Waals surface area (Å²) < 4.78 is 0. The number of likely N-dealkylation sites (N-methyl/N-ethyl adjacent to an activating group) is 1. The molecule has 2 heterocycles. The van der Waals surface area contributed by atoms with Crippen molar-refractivity contribution in [1.29, 1.82) is 0 Å². The molecule has 1 saturated heterocycles. The quantitative estimate of drug-likeness (QED) is 0.845. The summed E-state index contributed by atoms with van der Waals surface area (Å²) in [6.07, 6.45) is 2.22. The number of hydrogen-bond acceptors (Lipinski definition) is 4. The van der Waals surface area contributed by atoms with Gasteiger partial charge < -0.3 is 10.2 Å². The summed E-state index contributed by atoms with van der Waals surface area (Å²) >= 11 is 1.51. The van der Waals surface area contributed by atoms with Crippen molar-refractivity contribution >= 4 is 17.2 Å². The highest BCUT2D eigenvalue weighted by atomic mass is 32.1. The van der Waals surface area contributed by atoms with Crippen molar-refractivity contribution in [3.05, 3.63) is 16.1 Å². The minimum Gasteiger partial charge on any atom is -0.347 e. The lowest BCUT2D eigenvalue weighted by molar-refractivity contribution is 0.0908. The number of rotatable bonds is 2. The van der Waals surface area contributed by atoms with Crippen LogP contribution >= 0.6 is 11.3 Å². The predicted molar refractivity (Wildman–Crippen MR) is 64.8 cm³/mol. The lowest BCUT2D eigenvalue weighted by atomic mass is 10.1. The van der Waals surface area contributed by atoms with Crippen molar-refractivity contribution in [2.24, 2.45) is 0 Å². The average Bonchev–Trinajstić information content (AvgIpc) is 2.65. The summed E-state index contributed by atoms with van der Waals surface area (Å²) in [5.74, 6) is -0.0374. The summed E-state index contributed by atoms with van der Waals surface area (Å²) in [6, 6.07) is 0.272. The van der Waals surface area contributed by atoms with E-state index in [-0.39, 0.29) is 11.9 Å². The second-order valence-electron chi connectivity index (χ2n) is 4.33. The summed E-state index contributed by atoms with van der Waals surface area (Å²) in [4.78, 5) is 18.3. The zero-order valence-corrected chi connectivity index (χ0v) is 10.5. The van der Waals surface area contributed by atoms with E-state index in [0.717, 1.165) is 30.9 Å². The van der Waals surface area contributed by atoms with Gasteiger partial charge in [-0.05, 0) is 33.4 Å². The zero-order chi connectivity index (χ0) is 11.5. The van der Waals surface area contributed by atoms with Crippen LogP contribution in [0.1, 0.15) is 28.3 Å². The molecule has 1 aromatic rings. The molecule has 16 heavy (non-hydrogen) atoms. The number of thiazole rings is 1. The number of hydrogen-bond donors (Lipinski definition) is 1. The maximum absolute atomic E-state index is 11.8. The molecule has 1 unspecified atom stereocenters. The molecular weight excluding hydrogens is 222 g/mol. The van der Waals surface area contributed by atoms with Gasteiger partial charge in [0, 0.05) is 18.0 Å². The minimum atomic E-state index is -0.0374. The third kappa shape index (κ3) is 2.80. The van der Waals surface area contributed by atoms with Crippen LogP contribution in [0.4, 0.5) is 0 Å². The molecule has 1 amide bonds. The van der Waals surface area contributed by atoms with Gasteiger partial charge in [0.15, 0.2) is 0 Å². The second-order valence-corrected chi connectivity index (χ2v) is 5.39. The Kier molecular flexibility index (Phi) is 3.56. The van der Waals surface area contributed by atoms with E-state index in [1.165, 1.54) is 11.3 Å². The van der Waals surface area contributed by atoms with Gasteiger partial charge in [-0.25, -0.2) is 4.98 Å². The van der Waals surface area contributed by atoms with E-state index >= 15 is 0 Å².